The molecule has 0 aliphatic carbocycles. The molecular formula is C19H24ClN3O. The van der Waals surface area contributed by atoms with E-state index < -0.39 is 0 Å². The van der Waals surface area contributed by atoms with E-state index >= 15 is 0 Å². The van der Waals surface area contributed by atoms with E-state index in [1.54, 1.807) is 6.20 Å². The lowest BCUT2D eigenvalue weighted by atomic mass is 9.90. The zero-order valence-corrected chi connectivity index (χ0v) is 15.0. The number of nitrogens with zero attached hydrogens (tertiary/aromatic N) is 3. The second-order valence-corrected chi connectivity index (χ2v) is 7.16. The number of rotatable bonds is 5. The van der Waals surface area contributed by atoms with Crippen LogP contribution >= 0.6 is 11.6 Å². The minimum Gasteiger partial charge on any atom is -0.474 e. The lowest BCUT2D eigenvalue weighted by Gasteiger charge is -2.41. The van der Waals surface area contributed by atoms with E-state index in [1.165, 1.54) is 5.56 Å². The van der Waals surface area contributed by atoms with Crippen molar-refractivity contribution < 1.29 is 4.74 Å². The van der Waals surface area contributed by atoms with E-state index in [4.69, 9.17) is 16.3 Å². The number of likely N-dealkylation sites (tertiary alicyclic amines) is 1. The molecule has 1 aliphatic heterocycles. The molecule has 2 unspecified atom stereocenters. The smallest absolute Gasteiger partial charge is 0.213 e. The molecule has 1 aliphatic rings. The molecule has 3 heterocycles. The first-order chi connectivity index (χ1) is 11.6. The molecule has 2 aromatic rings. The van der Waals surface area contributed by atoms with Gasteiger partial charge in [0.15, 0.2) is 0 Å². The van der Waals surface area contributed by atoms with Crippen LogP contribution < -0.4 is 4.74 Å². The molecule has 3 rings (SSSR count). The zero-order valence-electron chi connectivity index (χ0n) is 14.2. The van der Waals surface area contributed by atoms with Gasteiger partial charge in [0.05, 0.1) is 5.02 Å². The third-order valence-corrected chi connectivity index (χ3v) is 4.80. The van der Waals surface area contributed by atoms with Gasteiger partial charge in [0, 0.05) is 50.2 Å². The highest BCUT2D eigenvalue weighted by Gasteiger charge is 2.31. The Morgan fingerprint density at radius 2 is 2.17 bits per heavy atom. The molecule has 0 bridgehead atoms. The van der Waals surface area contributed by atoms with E-state index in [1.807, 2.05) is 30.6 Å². The first-order valence-electron chi connectivity index (χ1n) is 8.53. The summed E-state index contributed by atoms with van der Waals surface area (Å²) in [4.78, 5) is 11.0. The fourth-order valence-electron chi connectivity index (χ4n) is 3.34. The quantitative estimate of drug-likeness (QED) is 0.814. The van der Waals surface area contributed by atoms with Crippen LogP contribution in [0, 0.1) is 5.92 Å². The summed E-state index contributed by atoms with van der Waals surface area (Å²) >= 11 is 5.89. The van der Waals surface area contributed by atoms with Crippen LogP contribution in [0.3, 0.4) is 0 Å². The maximum atomic E-state index is 6.08. The average Bonchev–Trinajstić information content (AvgIpc) is 2.59. The number of pyridine rings is 2. The fraction of sp³-hybridized carbons (Fsp3) is 0.474. The Morgan fingerprint density at radius 1 is 1.29 bits per heavy atom. The molecule has 4 nitrogen and oxygen atoms in total. The van der Waals surface area contributed by atoms with Gasteiger partial charge in [-0.05, 0) is 30.0 Å². The van der Waals surface area contributed by atoms with Crippen LogP contribution in [0.4, 0.5) is 0 Å². The van der Waals surface area contributed by atoms with Crippen LogP contribution in [0.15, 0.2) is 42.9 Å². The van der Waals surface area contributed by atoms with Crippen LogP contribution in [0.25, 0.3) is 0 Å². The van der Waals surface area contributed by atoms with Crippen molar-refractivity contribution in [3.05, 3.63) is 53.4 Å². The second-order valence-electron chi connectivity index (χ2n) is 6.72. The van der Waals surface area contributed by atoms with Crippen molar-refractivity contribution in [2.75, 3.05) is 6.54 Å². The van der Waals surface area contributed by atoms with Crippen molar-refractivity contribution in [1.29, 1.82) is 0 Å². The Hall–Kier alpha value is -1.65. The summed E-state index contributed by atoms with van der Waals surface area (Å²) in [6.07, 6.45) is 7.64. The minimum atomic E-state index is 0.205. The Balaban J connectivity index is 1.63. The maximum Gasteiger partial charge on any atom is 0.213 e. The lowest BCUT2D eigenvalue weighted by molar-refractivity contribution is 0.0288. The van der Waals surface area contributed by atoms with Crippen LogP contribution in [-0.4, -0.2) is 33.6 Å². The fourth-order valence-corrected chi connectivity index (χ4v) is 3.45. The largest absolute Gasteiger partial charge is 0.474 e. The van der Waals surface area contributed by atoms with Crippen LogP contribution in [0.1, 0.15) is 32.3 Å². The molecule has 1 saturated heterocycles. The highest BCUT2D eigenvalue weighted by molar-refractivity contribution is 6.30. The maximum absolute atomic E-state index is 6.08. The third kappa shape index (κ3) is 4.46. The standard InChI is InChI=1S/C19H24ClN3O/c1-14(2)18-10-17(24-19-6-5-16(20)12-22-19)7-9-23(18)13-15-4-3-8-21-11-15/h3-6,8,11-12,14,17-18H,7,9-10,13H2,1-2H3. The molecule has 0 saturated carbocycles. The number of halogens is 1. The SMILES string of the molecule is CC(C)C1CC(Oc2ccc(Cl)cn2)CCN1Cc1cccnc1. The van der Waals surface area contributed by atoms with Gasteiger partial charge in [0.25, 0.3) is 0 Å². The molecule has 0 spiro atoms. The van der Waals surface area contributed by atoms with Gasteiger partial charge in [0.2, 0.25) is 5.88 Å². The molecule has 2 aromatic heterocycles. The van der Waals surface area contributed by atoms with Gasteiger partial charge in [-0.2, -0.15) is 0 Å². The summed E-state index contributed by atoms with van der Waals surface area (Å²) in [6, 6.07) is 8.30. The monoisotopic (exact) mass is 345 g/mol. The number of ether oxygens (including phenoxy) is 1. The Bertz CT molecular complexity index is 633. The topological polar surface area (TPSA) is 38.2 Å². The van der Waals surface area contributed by atoms with Crippen molar-refractivity contribution >= 4 is 11.6 Å². The van der Waals surface area contributed by atoms with Crippen molar-refractivity contribution in [3.63, 3.8) is 0 Å². The molecule has 1 fully saturated rings. The van der Waals surface area contributed by atoms with Gasteiger partial charge in [-0.3, -0.25) is 9.88 Å². The summed E-state index contributed by atoms with van der Waals surface area (Å²) in [6.45, 7) is 6.53. The van der Waals surface area contributed by atoms with Crippen molar-refractivity contribution in [3.8, 4) is 5.88 Å². The molecule has 5 heteroatoms. The normalized spacial score (nSPS) is 21.8. The van der Waals surface area contributed by atoms with Crippen LogP contribution in [-0.2, 0) is 6.54 Å². The molecule has 0 amide bonds. The molecule has 24 heavy (non-hydrogen) atoms. The highest BCUT2D eigenvalue weighted by Crippen LogP contribution is 2.27. The van der Waals surface area contributed by atoms with Gasteiger partial charge in [-0.25, -0.2) is 4.98 Å². The van der Waals surface area contributed by atoms with E-state index in [-0.39, 0.29) is 6.10 Å². The Morgan fingerprint density at radius 3 is 2.83 bits per heavy atom. The number of piperidine rings is 1. The predicted octanol–water partition coefficient (Wildman–Crippen LogP) is 4.20. The molecule has 0 radical (unpaired) electrons. The average molecular weight is 346 g/mol. The second kappa shape index (κ2) is 7.95. The van der Waals surface area contributed by atoms with Gasteiger partial charge < -0.3 is 4.74 Å². The van der Waals surface area contributed by atoms with E-state index in [0.29, 0.717) is 22.9 Å². The van der Waals surface area contributed by atoms with Gasteiger partial charge in [0.1, 0.15) is 6.10 Å². The lowest BCUT2D eigenvalue weighted by Crippen LogP contribution is -2.47. The van der Waals surface area contributed by atoms with Crippen molar-refractivity contribution in [2.45, 2.75) is 45.4 Å². The van der Waals surface area contributed by atoms with Crippen molar-refractivity contribution in [2.24, 2.45) is 5.92 Å². The van der Waals surface area contributed by atoms with Gasteiger partial charge in [-0.1, -0.05) is 31.5 Å². The molecule has 0 aromatic carbocycles. The predicted molar refractivity (Wildman–Crippen MR) is 96.2 cm³/mol. The van der Waals surface area contributed by atoms with Crippen LogP contribution in [0.5, 0.6) is 5.88 Å². The molecular weight excluding hydrogens is 322 g/mol. The summed E-state index contributed by atoms with van der Waals surface area (Å²) < 4.78 is 6.08. The van der Waals surface area contributed by atoms with Gasteiger partial charge >= 0.3 is 0 Å². The molecule has 128 valence electrons. The number of aromatic nitrogens is 2. The Labute approximate surface area is 148 Å². The zero-order chi connectivity index (χ0) is 16.9. The highest BCUT2D eigenvalue weighted by atomic mass is 35.5. The Kier molecular flexibility index (Phi) is 5.69. The first kappa shape index (κ1) is 17.2. The summed E-state index contributed by atoms with van der Waals surface area (Å²) in [7, 11) is 0. The summed E-state index contributed by atoms with van der Waals surface area (Å²) in [5.41, 5.74) is 1.27. The third-order valence-electron chi connectivity index (χ3n) is 4.58. The van der Waals surface area contributed by atoms with Crippen molar-refractivity contribution in [1.82, 2.24) is 14.9 Å². The van der Waals surface area contributed by atoms with Crippen LogP contribution in [0.2, 0.25) is 5.02 Å². The molecule has 0 N–H and O–H groups in total. The summed E-state index contributed by atoms with van der Waals surface area (Å²) in [5, 5.41) is 0.633. The minimum absolute atomic E-state index is 0.205. The number of hydrogen-bond acceptors (Lipinski definition) is 4. The van der Waals surface area contributed by atoms with Gasteiger partial charge in [-0.15, -0.1) is 0 Å². The van der Waals surface area contributed by atoms with E-state index in [2.05, 4.69) is 34.8 Å². The summed E-state index contributed by atoms with van der Waals surface area (Å²) in [5.74, 6) is 1.24. The molecule has 2 atom stereocenters. The number of hydrogen-bond donors (Lipinski definition) is 0. The first-order valence-corrected chi connectivity index (χ1v) is 8.91. The van der Waals surface area contributed by atoms with E-state index in [0.717, 1.165) is 25.9 Å². The van der Waals surface area contributed by atoms with E-state index in [9.17, 15) is 0 Å².